The van der Waals surface area contributed by atoms with E-state index in [-0.39, 0.29) is 11.7 Å². The number of hydrogen-bond donors (Lipinski definition) is 0. The van der Waals surface area contributed by atoms with E-state index in [0.717, 1.165) is 11.1 Å². The number of benzene rings is 4. The maximum absolute atomic E-state index is 14.5. The highest BCUT2D eigenvalue weighted by Crippen LogP contribution is 2.28. The van der Waals surface area contributed by atoms with Crippen LogP contribution in [0.1, 0.15) is 21.5 Å². The summed E-state index contributed by atoms with van der Waals surface area (Å²) in [6.45, 7) is 0.945. The Kier molecular flexibility index (Phi) is 6.00. The van der Waals surface area contributed by atoms with Crippen molar-refractivity contribution in [1.29, 1.82) is 0 Å². The topological polar surface area (TPSA) is 20.3 Å². The van der Waals surface area contributed by atoms with Gasteiger partial charge in [0.15, 0.2) is 0 Å². The molecule has 148 valence electrons. The average Bonchev–Trinajstić information content (AvgIpc) is 2.80. The molecule has 4 aromatic carbocycles. The van der Waals surface area contributed by atoms with Gasteiger partial charge in [0, 0.05) is 24.2 Å². The lowest BCUT2D eigenvalue weighted by Gasteiger charge is -2.24. The number of carbonyl (C=O) groups is 1. The van der Waals surface area contributed by atoms with Gasteiger partial charge in [-0.05, 0) is 28.8 Å². The van der Waals surface area contributed by atoms with Crippen LogP contribution in [0.5, 0.6) is 0 Å². The predicted molar refractivity (Wildman–Crippen MR) is 118 cm³/mol. The van der Waals surface area contributed by atoms with Crippen LogP contribution >= 0.6 is 0 Å². The van der Waals surface area contributed by atoms with Crippen LogP contribution < -0.4 is 0 Å². The van der Waals surface area contributed by atoms with Gasteiger partial charge < -0.3 is 4.90 Å². The van der Waals surface area contributed by atoms with E-state index in [2.05, 4.69) is 0 Å². The van der Waals surface area contributed by atoms with Crippen molar-refractivity contribution in [2.45, 2.75) is 13.1 Å². The zero-order chi connectivity index (χ0) is 20.8. The molecule has 0 aromatic heterocycles. The summed E-state index contributed by atoms with van der Waals surface area (Å²) in [4.78, 5) is 15.5. The summed E-state index contributed by atoms with van der Waals surface area (Å²) >= 11 is 0. The van der Waals surface area contributed by atoms with Crippen LogP contribution in [0.4, 0.5) is 4.39 Å². The van der Waals surface area contributed by atoms with Gasteiger partial charge in [-0.15, -0.1) is 0 Å². The molecule has 0 saturated carbocycles. The fraction of sp³-hybridized carbons (Fsp3) is 0.0741. The van der Waals surface area contributed by atoms with Gasteiger partial charge in [-0.1, -0.05) is 97.1 Å². The Bertz CT molecular complexity index is 1080. The van der Waals surface area contributed by atoms with Crippen LogP contribution in [0.15, 0.2) is 109 Å². The molecule has 4 aromatic rings. The first-order valence-electron chi connectivity index (χ1n) is 9.93. The lowest BCUT2D eigenvalue weighted by Crippen LogP contribution is -2.30. The van der Waals surface area contributed by atoms with Gasteiger partial charge >= 0.3 is 0 Å². The van der Waals surface area contributed by atoms with Crippen molar-refractivity contribution in [2.75, 3.05) is 0 Å². The highest BCUT2D eigenvalue weighted by molar-refractivity contribution is 6.00. The minimum absolute atomic E-state index is 0.124. The van der Waals surface area contributed by atoms with E-state index in [0.29, 0.717) is 29.8 Å². The molecule has 2 nitrogen and oxygen atoms in total. The number of hydrogen-bond acceptors (Lipinski definition) is 1. The van der Waals surface area contributed by atoms with E-state index >= 15 is 0 Å². The zero-order valence-electron chi connectivity index (χ0n) is 16.5. The molecule has 4 rings (SSSR count). The molecule has 0 heterocycles. The largest absolute Gasteiger partial charge is 0.330 e. The molecule has 0 unspecified atom stereocenters. The first-order valence-corrected chi connectivity index (χ1v) is 9.93. The lowest BCUT2D eigenvalue weighted by atomic mass is 9.98. The normalized spacial score (nSPS) is 10.6. The van der Waals surface area contributed by atoms with E-state index in [1.54, 1.807) is 30.3 Å². The Morgan fingerprint density at radius 2 is 1.07 bits per heavy atom. The van der Waals surface area contributed by atoms with Gasteiger partial charge in [0.1, 0.15) is 5.82 Å². The summed E-state index contributed by atoms with van der Waals surface area (Å²) in [5.41, 5.74) is 3.62. The molecule has 0 aliphatic rings. The van der Waals surface area contributed by atoms with Gasteiger partial charge in [-0.25, -0.2) is 4.39 Å². The molecular weight excluding hydrogens is 373 g/mol. The maximum atomic E-state index is 14.5. The second kappa shape index (κ2) is 9.19. The van der Waals surface area contributed by atoms with Crippen molar-refractivity contribution in [1.82, 2.24) is 4.90 Å². The Hall–Kier alpha value is -3.72. The minimum Gasteiger partial charge on any atom is -0.330 e. The number of rotatable bonds is 6. The molecule has 0 aliphatic carbocycles. The Morgan fingerprint density at radius 3 is 1.63 bits per heavy atom. The molecule has 0 atom stereocenters. The second-order valence-electron chi connectivity index (χ2n) is 7.16. The molecule has 1 amide bonds. The molecule has 0 bridgehead atoms. The molecule has 0 fully saturated rings. The number of carbonyl (C=O) groups excluding carboxylic acids is 1. The fourth-order valence-corrected chi connectivity index (χ4v) is 3.56. The summed E-state index contributed by atoms with van der Waals surface area (Å²) in [5, 5.41) is 0. The predicted octanol–water partition coefficient (Wildman–Crippen LogP) is 6.34. The third-order valence-corrected chi connectivity index (χ3v) is 5.04. The lowest BCUT2D eigenvalue weighted by molar-refractivity contribution is 0.0731. The summed E-state index contributed by atoms with van der Waals surface area (Å²) in [6.07, 6.45) is 0. The molecular formula is C27H22FNO. The monoisotopic (exact) mass is 395 g/mol. The van der Waals surface area contributed by atoms with Gasteiger partial charge in [0.25, 0.3) is 5.91 Å². The summed E-state index contributed by atoms with van der Waals surface area (Å²) in [6, 6.07) is 33.6. The fourth-order valence-electron chi connectivity index (χ4n) is 3.56. The van der Waals surface area contributed by atoms with E-state index < -0.39 is 0 Å². The number of nitrogens with zero attached hydrogens (tertiary/aromatic N) is 1. The van der Waals surface area contributed by atoms with Gasteiger partial charge in [-0.3, -0.25) is 4.79 Å². The van der Waals surface area contributed by atoms with E-state index in [1.807, 2.05) is 77.7 Å². The highest BCUT2D eigenvalue weighted by atomic mass is 19.1. The van der Waals surface area contributed by atoms with E-state index in [9.17, 15) is 9.18 Å². The van der Waals surface area contributed by atoms with E-state index in [1.165, 1.54) is 6.07 Å². The van der Waals surface area contributed by atoms with Gasteiger partial charge in [-0.2, -0.15) is 0 Å². The van der Waals surface area contributed by atoms with Crippen LogP contribution in [0.3, 0.4) is 0 Å². The van der Waals surface area contributed by atoms with Crippen LogP contribution in [0.25, 0.3) is 11.1 Å². The van der Waals surface area contributed by atoms with Gasteiger partial charge in [0.2, 0.25) is 0 Å². The number of halogens is 1. The smallest absolute Gasteiger partial charge is 0.255 e. The Labute approximate surface area is 176 Å². The minimum atomic E-state index is -0.338. The quantitative estimate of drug-likeness (QED) is 0.373. The molecule has 0 N–H and O–H groups in total. The summed E-state index contributed by atoms with van der Waals surface area (Å²) in [7, 11) is 0. The van der Waals surface area contributed by atoms with Crippen molar-refractivity contribution in [3.05, 3.63) is 132 Å². The SMILES string of the molecule is O=C(c1ccccc1-c1ccccc1F)N(Cc1ccccc1)Cc1ccccc1. The molecule has 0 aliphatic heterocycles. The molecule has 0 spiro atoms. The maximum Gasteiger partial charge on any atom is 0.255 e. The first kappa shape index (κ1) is 19.6. The molecule has 3 heteroatoms. The first-order chi connectivity index (χ1) is 14.7. The second-order valence-corrected chi connectivity index (χ2v) is 7.16. The third-order valence-electron chi connectivity index (χ3n) is 5.04. The van der Waals surface area contributed by atoms with Crippen molar-refractivity contribution < 1.29 is 9.18 Å². The summed E-state index contributed by atoms with van der Waals surface area (Å²) < 4.78 is 14.5. The standard InChI is InChI=1S/C27H22FNO/c28-26-18-10-9-16-24(26)23-15-7-8-17-25(23)27(30)29(19-21-11-3-1-4-12-21)20-22-13-5-2-6-14-22/h1-18H,19-20H2. The van der Waals surface area contributed by atoms with Crippen molar-refractivity contribution in [3.63, 3.8) is 0 Å². The number of amides is 1. The average molecular weight is 395 g/mol. The van der Waals surface area contributed by atoms with Crippen LogP contribution in [-0.4, -0.2) is 10.8 Å². The van der Waals surface area contributed by atoms with Crippen molar-refractivity contribution in [2.24, 2.45) is 0 Å². The van der Waals surface area contributed by atoms with Crippen LogP contribution in [0, 0.1) is 5.82 Å². The molecule has 0 radical (unpaired) electrons. The van der Waals surface area contributed by atoms with Crippen molar-refractivity contribution >= 4 is 5.91 Å². The van der Waals surface area contributed by atoms with Gasteiger partial charge in [0.05, 0.1) is 0 Å². The molecule has 0 saturated heterocycles. The van der Waals surface area contributed by atoms with Crippen molar-refractivity contribution in [3.8, 4) is 11.1 Å². The van der Waals surface area contributed by atoms with E-state index in [4.69, 9.17) is 0 Å². The summed E-state index contributed by atoms with van der Waals surface area (Å²) in [5.74, 6) is -0.461. The molecule has 30 heavy (non-hydrogen) atoms. The highest BCUT2D eigenvalue weighted by Gasteiger charge is 2.21. The third kappa shape index (κ3) is 4.47. The Morgan fingerprint density at radius 1 is 0.600 bits per heavy atom. The van der Waals surface area contributed by atoms with Crippen LogP contribution in [0.2, 0.25) is 0 Å². The Balaban J connectivity index is 1.72. The van der Waals surface area contributed by atoms with Crippen LogP contribution in [-0.2, 0) is 13.1 Å². The zero-order valence-corrected chi connectivity index (χ0v) is 16.5.